The van der Waals surface area contributed by atoms with Crippen LogP contribution in [0.5, 0.6) is 0 Å². The van der Waals surface area contributed by atoms with Gasteiger partial charge in [-0.3, -0.25) is 10.1 Å². The van der Waals surface area contributed by atoms with Gasteiger partial charge in [-0.05, 0) is 66.9 Å². The Balaban J connectivity index is 1.71. The number of nitrogens with one attached hydrogen (secondary N) is 1. The van der Waals surface area contributed by atoms with E-state index in [4.69, 9.17) is 5.26 Å². The summed E-state index contributed by atoms with van der Waals surface area (Å²) in [5.74, 6) is -0.225. The normalized spacial score (nSPS) is 11.5. The van der Waals surface area contributed by atoms with Gasteiger partial charge in [-0.2, -0.15) is 28.5 Å². The highest BCUT2D eigenvalue weighted by Gasteiger charge is 2.31. The Labute approximate surface area is 235 Å². The topological polar surface area (TPSA) is 101 Å². The highest BCUT2D eigenvalue weighted by atomic mass is 79.9. The first-order valence-corrected chi connectivity index (χ1v) is 13.3. The van der Waals surface area contributed by atoms with Crippen molar-refractivity contribution in [2.75, 3.05) is 10.6 Å². The summed E-state index contributed by atoms with van der Waals surface area (Å²) in [7, 11) is 0. The average molecular weight is 608 g/mol. The Morgan fingerprint density at radius 2 is 1.93 bits per heavy atom. The Morgan fingerprint density at radius 3 is 2.62 bits per heavy atom. The molecule has 40 heavy (non-hydrogen) atoms. The molecule has 5 rings (SSSR count). The summed E-state index contributed by atoms with van der Waals surface area (Å²) in [6.07, 6.45) is -0.334. The standard InChI is InChI=1S/C28H21BrF3N7O/c1-17-22(23-11-13-34-39(23)21-9-7-18(15-33)8-10-21)16-38-26(36-27(37-38)35-24(40)6-3-12-29)25(17)19-4-2-5-20(14-19)28(30,31)32/h2,4-5,7-11,13-14,16H,3,6,12H2,1H3,(H,35,37,40). The fourth-order valence-electron chi connectivity index (χ4n) is 4.42. The minimum atomic E-state index is -4.53. The van der Waals surface area contributed by atoms with Crippen molar-refractivity contribution in [3.63, 3.8) is 0 Å². The predicted molar refractivity (Wildman–Crippen MR) is 147 cm³/mol. The summed E-state index contributed by atoms with van der Waals surface area (Å²) >= 11 is 3.29. The molecular weight excluding hydrogens is 587 g/mol. The molecule has 5 aromatic rings. The zero-order valence-electron chi connectivity index (χ0n) is 21.1. The van der Waals surface area contributed by atoms with Crippen LogP contribution >= 0.6 is 15.9 Å². The molecule has 8 nitrogen and oxygen atoms in total. The lowest BCUT2D eigenvalue weighted by Crippen LogP contribution is -2.12. The van der Waals surface area contributed by atoms with Gasteiger partial charge in [0.15, 0.2) is 5.65 Å². The largest absolute Gasteiger partial charge is 0.416 e. The molecule has 0 aliphatic carbocycles. The van der Waals surface area contributed by atoms with Crippen LogP contribution in [0.3, 0.4) is 0 Å². The number of benzene rings is 2. The number of amides is 1. The Bertz CT molecular complexity index is 1750. The molecule has 0 saturated carbocycles. The van der Waals surface area contributed by atoms with Crippen molar-refractivity contribution in [1.29, 1.82) is 5.26 Å². The molecule has 0 bridgehead atoms. The number of nitriles is 1. The Morgan fingerprint density at radius 1 is 1.15 bits per heavy atom. The molecule has 1 amide bonds. The SMILES string of the molecule is Cc1c(-c2ccnn2-c2ccc(C#N)cc2)cn2nc(NC(=O)CCCBr)nc2c1-c1cccc(C(F)(F)F)c1. The van der Waals surface area contributed by atoms with E-state index < -0.39 is 11.7 Å². The molecule has 0 saturated heterocycles. The highest BCUT2D eigenvalue weighted by molar-refractivity contribution is 9.09. The van der Waals surface area contributed by atoms with Crippen LogP contribution in [0.25, 0.3) is 33.7 Å². The quantitative estimate of drug-likeness (QED) is 0.211. The second-order valence-corrected chi connectivity index (χ2v) is 9.75. The van der Waals surface area contributed by atoms with Gasteiger partial charge < -0.3 is 0 Å². The molecule has 0 radical (unpaired) electrons. The molecule has 0 fully saturated rings. The molecule has 1 N–H and O–H groups in total. The van der Waals surface area contributed by atoms with Crippen molar-refractivity contribution in [3.8, 4) is 34.1 Å². The van der Waals surface area contributed by atoms with E-state index in [1.54, 1.807) is 60.4 Å². The van der Waals surface area contributed by atoms with Gasteiger partial charge in [-0.15, -0.1) is 5.10 Å². The summed E-state index contributed by atoms with van der Waals surface area (Å²) in [6, 6.07) is 15.7. The fraction of sp³-hybridized carbons (Fsp3) is 0.179. The summed E-state index contributed by atoms with van der Waals surface area (Å²) in [4.78, 5) is 16.8. The summed E-state index contributed by atoms with van der Waals surface area (Å²) in [6.45, 7) is 1.80. The van der Waals surface area contributed by atoms with E-state index in [0.717, 1.165) is 12.1 Å². The first-order valence-electron chi connectivity index (χ1n) is 12.2. The second kappa shape index (κ2) is 10.9. The number of carbonyl (C=O) groups excluding carboxylic acids is 1. The number of aromatic nitrogens is 5. The number of carbonyl (C=O) groups is 1. The van der Waals surface area contributed by atoms with Crippen molar-refractivity contribution in [3.05, 3.63) is 83.7 Å². The van der Waals surface area contributed by atoms with Crippen molar-refractivity contribution < 1.29 is 18.0 Å². The maximum Gasteiger partial charge on any atom is 0.416 e. The lowest BCUT2D eigenvalue weighted by atomic mass is 9.95. The second-order valence-electron chi connectivity index (χ2n) is 8.95. The number of pyridine rings is 1. The lowest BCUT2D eigenvalue weighted by molar-refractivity contribution is -0.137. The summed E-state index contributed by atoms with van der Waals surface area (Å²) < 4.78 is 44.0. The van der Waals surface area contributed by atoms with E-state index in [-0.39, 0.29) is 18.3 Å². The third kappa shape index (κ3) is 5.33. The first-order chi connectivity index (χ1) is 19.2. The van der Waals surface area contributed by atoms with Crippen LogP contribution in [0.2, 0.25) is 0 Å². The summed E-state index contributed by atoms with van der Waals surface area (Å²) in [5.41, 5.74) is 3.36. The number of hydrogen-bond acceptors (Lipinski definition) is 5. The number of halogens is 4. The monoisotopic (exact) mass is 607 g/mol. The van der Waals surface area contributed by atoms with Crippen LogP contribution in [-0.2, 0) is 11.0 Å². The number of nitrogens with zero attached hydrogens (tertiary/aromatic N) is 6. The molecule has 3 heterocycles. The van der Waals surface area contributed by atoms with Crippen LogP contribution in [0.15, 0.2) is 67.0 Å². The van der Waals surface area contributed by atoms with Crippen LogP contribution in [0.1, 0.15) is 29.5 Å². The van der Waals surface area contributed by atoms with Crippen LogP contribution in [-0.4, -0.2) is 35.6 Å². The van der Waals surface area contributed by atoms with Crippen LogP contribution in [0.4, 0.5) is 19.1 Å². The van der Waals surface area contributed by atoms with E-state index in [9.17, 15) is 18.0 Å². The van der Waals surface area contributed by atoms with E-state index in [1.165, 1.54) is 10.6 Å². The van der Waals surface area contributed by atoms with E-state index in [2.05, 4.69) is 42.5 Å². The molecule has 0 atom stereocenters. The maximum atomic E-state index is 13.6. The van der Waals surface area contributed by atoms with E-state index in [0.29, 0.717) is 56.6 Å². The van der Waals surface area contributed by atoms with Gasteiger partial charge in [0.2, 0.25) is 11.9 Å². The number of alkyl halides is 4. The minimum Gasteiger partial charge on any atom is -0.293 e. The molecule has 202 valence electrons. The molecule has 0 aliphatic rings. The van der Waals surface area contributed by atoms with Gasteiger partial charge in [-0.25, -0.2) is 9.20 Å². The third-order valence-electron chi connectivity index (χ3n) is 6.31. The number of fused-ring (bicyclic) bond motifs is 1. The Hall–Kier alpha value is -4.50. The number of rotatable bonds is 7. The summed E-state index contributed by atoms with van der Waals surface area (Å²) in [5, 5.41) is 21.4. The lowest BCUT2D eigenvalue weighted by Gasteiger charge is -2.16. The molecule has 0 aliphatic heterocycles. The number of hydrogen-bond donors (Lipinski definition) is 1. The molecule has 12 heteroatoms. The zero-order chi connectivity index (χ0) is 28.4. The van der Waals surface area contributed by atoms with Gasteiger partial charge in [-0.1, -0.05) is 28.1 Å². The van der Waals surface area contributed by atoms with Gasteiger partial charge in [0, 0.05) is 29.1 Å². The molecule has 2 aromatic carbocycles. The van der Waals surface area contributed by atoms with Crippen molar-refractivity contribution in [2.24, 2.45) is 0 Å². The van der Waals surface area contributed by atoms with Gasteiger partial charge >= 0.3 is 6.18 Å². The van der Waals surface area contributed by atoms with Crippen LogP contribution in [0, 0.1) is 18.3 Å². The molecule has 0 spiro atoms. The minimum absolute atomic E-state index is 0.0462. The van der Waals surface area contributed by atoms with Crippen LogP contribution < -0.4 is 5.32 Å². The average Bonchev–Trinajstić information content (AvgIpc) is 3.58. The first kappa shape index (κ1) is 27.1. The van der Waals surface area contributed by atoms with Crippen molar-refractivity contribution in [2.45, 2.75) is 25.9 Å². The van der Waals surface area contributed by atoms with Gasteiger partial charge in [0.1, 0.15) is 0 Å². The highest BCUT2D eigenvalue weighted by Crippen LogP contribution is 2.38. The fourth-order valence-corrected chi connectivity index (χ4v) is 4.70. The van der Waals surface area contributed by atoms with E-state index in [1.807, 2.05) is 0 Å². The number of anilines is 1. The van der Waals surface area contributed by atoms with Crippen molar-refractivity contribution in [1.82, 2.24) is 24.4 Å². The molecule has 3 aromatic heterocycles. The Kier molecular flexibility index (Phi) is 7.40. The zero-order valence-corrected chi connectivity index (χ0v) is 22.7. The molecule has 0 unspecified atom stereocenters. The van der Waals surface area contributed by atoms with Gasteiger partial charge in [0.05, 0.1) is 34.8 Å². The van der Waals surface area contributed by atoms with Gasteiger partial charge in [0.25, 0.3) is 0 Å². The predicted octanol–water partition coefficient (Wildman–Crippen LogP) is 6.56. The van der Waals surface area contributed by atoms with Crippen molar-refractivity contribution >= 4 is 33.4 Å². The smallest absolute Gasteiger partial charge is 0.293 e. The maximum absolute atomic E-state index is 13.6. The molecular formula is C28H21BrF3N7O. The third-order valence-corrected chi connectivity index (χ3v) is 6.87. The van der Waals surface area contributed by atoms with E-state index >= 15 is 0 Å².